The average molecular weight is 453 g/mol. The Kier molecular flexibility index (Phi) is 7.92. The summed E-state index contributed by atoms with van der Waals surface area (Å²) in [7, 11) is -0.728. The summed E-state index contributed by atoms with van der Waals surface area (Å²) in [6, 6.07) is 4.55. The molecule has 31 heavy (non-hydrogen) atoms. The van der Waals surface area contributed by atoms with Crippen LogP contribution in [0.15, 0.2) is 23.1 Å². The molecule has 1 unspecified atom stereocenters. The van der Waals surface area contributed by atoms with E-state index in [2.05, 4.69) is 26.1 Å². The van der Waals surface area contributed by atoms with Crippen LogP contribution in [-0.4, -0.2) is 44.8 Å². The van der Waals surface area contributed by atoms with E-state index in [9.17, 15) is 18.0 Å². The summed E-state index contributed by atoms with van der Waals surface area (Å²) in [6.45, 7) is 9.98. The molecule has 0 spiro atoms. The number of hydrogen-bond acceptors (Lipinski definition) is 5. The van der Waals surface area contributed by atoms with Crippen LogP contribution in [0.1, 0.15) is 58.9 Å². The minimum Gasteiger partial charge on any atom is -0.452 e. The summed E-state index contributed by atoms with van der Waals surface area (Å²) < 4.78 is 31.3. The largest absolute Gasteiger partial charge is 0.452 e. The van der Waals surface area contributed by atoms with Crippen molar-refractivity contribution in [3.63, 3.8) is 0 Å². The van der Waals surface area contributed by atoms with Gasteiger partial charge < -0.3 is 10.1 Å². The van der Waals surface area contributed by atoms with Gasteiger partial charge in [0.05, 0.1) is 10.8 Å². The minimum absolute atomic E-state index is 0.0821. The summed E-state index contributed by atoms with van der Waals surface area (Å²) in [5.74, 6) is -0.412. The van der Waals surface area contributed by atoms with Crippen LogP contribution in [0.5, 0.6) is 0 Å². The highest BCUT2D eigenvalue weighted by Crippen LogP contribution is 2.40. The number of anilines is 1. The quantitative estimate of drug-likeness (QED) is 0.659. The van der Waals surface area contributed by atoms with E-state index < -0.39 is 22.0 Å². The topological polar surface area (TPSA) is 92.8 Å². The number of ether oxygens (including phenoxy) is 1. The highest BCUT2D eigenvalue weighted by atomic mass is 32.2. The predicted octanol–water partition coefficient (Wildman–Crippen LogP) is 3.97. The number of amides is 1. The first kappa shape index (κ1) is 25.3. The number of carbonyl (C=O) groups is 2. The van der Waals surface area contributed by atoms with Crippen LogP contribution in [0.3, 0.4) is 0 Å². The molecule has 1 aromatic rings. The molecule has 0 heterocycles. The molecule has 1 atom stereocenters. The summed E-state index contributed by atoms with van der Waals surface area (Å²) in [4.78, 5) is 25.3. The lowest BCUT2D eigenvalue weighted by Gasteiger charge is -2.36. The van der Waals surface area contributed by atoms with Gasteiger partial charge in [0.2, 0.25) is 10.0 Å². The van der Waals surface area contributed by atoms with Crippen molar-refractivity contribution in [1.82, 2.24) is 4.31 Å². The van der Waals surface area contributed by atoms with E-state index in [1.54, 1.807) is 13.0 Å². The van der Waals surface area contributed by atoms with E-state index in [4.69, 9.17) is 4.74 Å². The molecule has 7 nitrogen and oxygen atoms in total. The first-order valence-corrected chi connectivity index (χ1v) is 12.2. The summed E-state index contributed by atoms with van der Waals surface area (Å²) in [5, 5.41) is 2.70. The Morgan fingerprint density at radius 2 is 1.71 bits per heavy atom. The van der Waals surface area contributed by atoms with Crippen LogP contribution in [-0.2, 0) is 24.3 Å². The van der Waals surface area contributed by atoms with Gasteiger partial charge in [0.25, 0.3) is 5.91 Å². The predicted molar refractivity (Wildman–Crippen MR) is 121 cm³/mol. The number of carbonyl (C=O) groups excluding carboxylic acids is 2. The molecular formula is C23H36N2O5S. The van der Waals surface area contributed by atoms with Gasteiger partial charge in [0.15, 0.2) is 6.10 Å². The van der Waals surface area contributed by atoms with Crippen LogP contribution >= 0.6 is 0 Å². The Bertz CT molecular complexity index is 910. The molecule has 1 aliphatic rings. The molecule has 2 rings (SSSR count). The molecule has 1 N–H and O–H groups in total. The number of benzene rings is 1. The van der Waals surface area contributed by atoms with Crippen molar-refractivity contribution < 1.29 is 22.7 Å². The van der Waals surface area contributed by atoms with Crippen LogP contribution in [0.2, 0.25) is 0 Å². The van der Waals surface area contributed by atoms with Gasteiger partial charge in [-0.15, -0.1) is 0 Å². The first-order chi connectivity index (χ1) is 14.2. The molecule has 8 heteroatoms. The normalized spacial score (nSPS) is 20.9. The molecule has 0 aliphatic heterocycles. The van der Waals surface area contributed by atoms with Crippen molar-refractivity contribution in [2.45, 2.75) is 71.3 Å². The van der Waals surface area contributed by atoms with Crippen LogP contribution < -0.4 is 5.32 Å². The average Bonchev–Trinajstić information content (AvgIpc) is 2.68. The zero-order valence-electron chi connectivity index (χ0n) is 19.7. The maximum absolute atomic E-state index is 12.6. The fourth-order valence-electron chi connectivity index (χ4n) is 3.86. The highest BCUT2D eigenvalue weighted by Gasteiger charge is 2.34. The second-order valence-electron chi connectivity index (χ2n) is 9.75. The Morgan fingerprint density at radius 3 is 2.23 bits per heavy atom. The molecule has 1 amide bonds. The SMILES string of the molecule is Cc1ccc(S(=O)(=O)N(C)C)cc1NC(=O)C(C)OC(=O)C1CCC(C(C)(C)C)CC1. The summed E-state index contributed by atoms with van der Waals surface area (Å²) in [5.41, 5.74) is 1.32. The van der Waals surface area contributed by atoms with Gasteiger partial charge in [-0.25, -0.2) is 12.7 Å². The monoisotopic (exact) mass is 452 g/mol. The molecule has 1 fully saturated rings. The molecule has 1 aliphatic carbocycles. The Morgan fingerprint density at radius 1 is 1.13 bits per heavy atom. The van der Waals surface area contributed by atoms with E-state index in [1.165, 1.54) is 33.2 Å². The molecular weight excluding hydrogens is 416 g/mol. The van der Waals surface area contributed by atoms with Gasteiger partial charge in [-0.05, 0) is 68.6 Å². The van der Waals surface area contributed by atoms with Gasteiger partial charge >= 0.3 is 5.97 Å². The lowest BCUT2D eigenvalue weighted by Crippen LogP contribution is -2.35. The van der Waals surface area contributed by atoms with E-state index in [0.717, 1.165) is 30.0 Å². The van der Waals surface area contributed by atoms with Crippen molar-refractivity contribution in [1.29, 1.82) is 0 Å². The molecule has 0 radical (unpaired) electrons. The molecule has 1 saturated carbocycles. The van der Waals surface area contributed by atoms with E-state index in [-0.39, 0.29) is 22.2 Å². The standard InChI is InChI=1S/C23H36N2O5S/c1-15-8-13-19(31(28,29)25(6)7)14-20(15)24-21(26)16(2)30-22(27)17-9-11-18(12-10-17)23(3,4)5/h8,13-14,16-18H,9-12H2,1-7H3,(H,24,26). The van der Waals surface area contributed by atoms with E-state index in [0.29, 0.717) is 17.2 Å². The Hall–Kier alpha value is -1.93. The molecule has 0 bridgehead atoms. The zero-order valence-corrected chi connectivity index (χ0v) is 20.5. The third kappa shape index (κ3) is 6.29. The van der Waals surface area contributed by atoms with E-state index >= 15 is 0 Å². The third-order valence-corrected chi connectivity index (χ3v) is 8.00. The molecule has 1 aromatic carbocycles. The van der Waals surface area contributed by atoms with Gasteiger partial charge in [-0.2, -0.15) is 0 Å². The van der Waals surface area contributed by atoms with Crippen molar-refractivity contribution in [2.24, 2.45) is 17.3 Å². The van der Waals surface area contributed by atoms with Crippen molar-refractivity contribution in [2.75, 3.05) is 19.4 Å². The van der Waals surface area contributed by atoms with Crippen molar-refractivity contribution in [3.8, 4) is 0 Å². The molecule has 0 saturated heterocycles. The van der Waals surface area contributed by atoms with Crippen LogP contribution in [0.25, 0.3) is 0 Å². The third-order valence-electron chi connectivity index (χ3n) is 6.19. The van der Waals surface area contributed by atoms with Gasteiger partial charge in [0.1, 0.15) is 0 Å². The fraction of sp³-hybridized carbons (Fsp3) is 0.652. The van der Waals surface area contributed by atoms with Gasteiger partial charge in [0, 0.05) is 19.8 Å². The smallest absolute Gasteiger partial charge is 0.309 e. The second kappa shape index (κ2) is 9.69. The maximum Gasteiger partial charge on any atom is 0.309 e. The number of nitrogens with zero attached hydrogens (tertiary/aromatic N) is 1. The lowest BCUT2D eigenvalue weighted by molar-refractivity contribution is -0.158. The summed E-state index contributed by atoms with van der Waals surface area (Å²) >= 11 is 0. The van der Waals surface area contributed by atoms with Crippen molar-refractivity contribution >= 4 is 27.6 Å². The number of rotatable bonds is 6. The van der Waals surface area contributed by atoms with E-state index in [1.807, 2.05) is 0 Å². The van der Waals surface area contributed by atoms with Crippen LogP contribution in [0, 0.1) is 24.2 Å². The zero-order chi connectivity index (χ0) is 23.6. The second-order valence-corrected chi connectivity index (χ2v) is 11.9. The lowest BCUT2D eigenvalue weighted by atomic mass is 9.70. The number of esters is 1. The minimum atomic E-state index is -3.62. The molecule has 174 valence electrons. The van der Waals surface area contributed by atoms with Gasteiger partial charge in [-0.3, -0.25) is 9.59 Å². The number of aryl methyl sites for hydroxylation is 1. The number of sulfonamides is 1. The fourth-order valence-corrected chi connectivity index (χ4v) is 4.79. The molecule has 0 aromatic heterocycles. The van der Waals surface area contributed by atoms with Crippen LogP contribution in [0.4, 0.5) is 5.69 Å². The summed E-state index contributed by atoms with van der Waals surface area (Å²) in [6.07, 6.45) is 2.55. The Balaban J connectivity index is 2.00. The Labute approximate surface area is 186 Å². The van der Waals surface area contributed by atoms with Gasteiger partial charge in [-0.1, -0.05) is 26.8 Å². The maximum atomic E-state index is 12.6. The number of nitrogens with one attached hydrogen (secondary N) is 1. The first-order valence-electron chi connectivity index (χ1n) is 10.8. The highest BCUT2D eigenvalue weighted by molar-refractivity contribution is 7.89. The van der Waals surface area contributed by atoms with Crippen molar-refractivity contribution in [3.05, 3.63) is 23.8 Å². The number of hydrogen-bond donors (Lipinski definition) is 1.